The van der Waals surface area contributed by atoms with E-state index in [0.717, 1.165) is 12.8 Å². The first-order valence-corrected chi connectivity index (χ1v) is 9.40. The van der Waals surface area contributed by atoms with Crippen LogP contribution in [0.15, 0.2) is 24.3 Å². The molecule has 1 unspecified atom stereocenters. The van der Waals surface area contributed by atoms with Gasteiger partial charge in [-0.15, -0.1) is 0 Å². The van der Waals surface area contributed by atoms with E-state index in [2.05, 4.69) is 0 Å². The molecule has 1 saturated carbocycles. The highest BCUT2D eigenvalue weighted by molar-refractivity contribution is 6.33. The lowest BCUT2D eigenvalue weighted by molar-refractivity contribution is -0.143. The van der Waals surface area contributed by atoms with Gasteiger partial charge in [0.2, 0.25) is 11.8 Å². The largest absolute Gasteiger partial charge is 0.481 e. The summed E-state index contributed by atoms with van der Waals surface area (Å²) in [4.78, 5) is 40.1. The van der Waals surface area contributed by atoms with Crippen LogP contribution in [0.4, 0.5) is 5.69 Å². The molecule has 3 aliphatic rings. The number of carbonyl (C=O) groups excluding carboxylic acids is 2. The predicted octanol–water partition coefficient (Wildman–Crippen LogP) is 2.26. The van der Waals surface area contributed by atoms with Gasteiger partial charge in [0.15, 0.2) is 0 Å². The summed E-state index contributed by atoms with van der Waals surface area (Å²) >= 11 is 6.18. The van der Waals surface area contributed by atoms with Gasteiger partial charge < -0.3 is 14.9 Å². The molecule has 1 aromatic rings. The number of carboxylic acid groups (broad SMARTS) is 1. The van der Waals surface area contributed by atoms with Crippen LogP contribution in [0.25, 0.3) is 0 Å². The second-order valence-electron chi connectivity index (χ2n) is 7.55. The highest BCUT2D eigenvalue weighted by Crippen LogP contribution is 2.44. The van der Waals surface area contributed by atoms with Gasteiger partial charge in [-0.05, 0) is 36.8 Å². The molecule has 0 aromatic heterocycles. The topological polar surface area (TPSA) is 77.9 Å². The van der Waals surface area contributed by atoms with Crippen molar-refractivity contribution in [3.8, 4) is 0 Å². The lowest BCUT2D eigenvalue weighted by Crippen LogP contribution is -2.36. The van der Waals surface area contributed by atoms with Crippen molar-refractivity contribution in [2.24, 2.45) is 23.7 Å². The molecule has 2 amide bonds. The first-order valence-electron chi connectivity index (χ1n) is 9.02. The van der Waals surface area contributed by atoms with Crippen LogP contribution in [-0.4, -0.2) is 47.4 Å². The standard InChI is InChI=1S/C19H21ClN2O4/c20-15-3-1-2-4-16(15)22-8-12(7-17(22)23)18(24)21-9-13(11-5-6-11)14(10-21)19(25)26/h1-4,11-14H,5-10H2,(H,25,26)/t12?,13-,14+/m1/s1. The molecule has 0 radical (unpaired) electrons. The van der Waals surface area contributed by atoms with Crippen molar-refractivity contribution in [3.05, 3.63) is 29.3 Å². The van der Waals surface area contributed by atoms with Crippen molar-refractivity contribution >= 4 is 35.1 Å². The van der Waals surface area contributed by atoms with Crippen LogP contribution in [0.2, 0.25) is 5.02 Å². The van der Waals surface area contributed by atoms with Crippen molar-refractivity contribution in [2.45, 2.75) is 19.3 Å². The number of aliphatic carboxylic acids is 1. The van der Waals surface area contributed by atoms with Crippen molar-refractivity contribution in [1.82, 2.24) is 4.90 Å². The number of anilines is 1. The van der Waals surface area contributed by atoms with E-state index in [9.17, 15) is 19.5 Å². The van der Waals surface area contributed by atoms with E-state index < -0.39 is 17.8 Å². The maximum Gasteiger partial charge on any atom is 0.308 e. The Balaban J connectivity index is 1.47. The number of para-hydroxylation sites is 1. The first kappa shape index (κ1) is 17.3. The lowest BCUT2D eigenvalue weighted by atomic mass is 9.92. The highest BCUT2D eigenvalue weighted by Gasteiger charge is 2.48. The van der Waals surface area contributed by atoms with E-state index >= 15 is 0 Å². The van der Waals surface area contributed by atoms with E-state index in [-0.39, 0.29) is 30.7 Å². The van der Waals surface area contributed by atoms with Gasteiger partial charge in [-0.1, -0.05) is 23.7 Å². The maximum absolute atomic E-state index is 12.9. The average Bonchev–Trinajstić information content (AvgIpc) is 3.24. The van der Waals surface area contributed by atoms with Crippen LogP contribution in [0, 0.1) is 23.7 Å². The Morgan fingerprint density at radius 1 is 1.12 bits per heavy atom. The maximum atomic E-state index is 12.9. The van der Waals surface area contributed by atoms with Gasteiger partial charge in [-0.2, -0.15) is 0 Å². The van der Waals surface area contributed by atoms with Crippen LogP contribution in [0.5, 0.6) is 0 Å². The molecule has 1 aliphatic carbocycles. The van der Waals surface area contributed by atoms with Gasteiger partial charge in [0, 0.05) is 26.1 Å². The van der Waals surface area contributed by atoms with Crippen LogP contribution >= 0.6 is 11.6 Å². The van der Waals surface area contributed by atoms with Gasteiger partial charge in [0.1, 0.15) is 0 Å². The molecule has 138 valence electrons. The van der Waals surface area contributed by atoms with Crippen LogP contribution in [0.1, 0.15) is 19.3 Å². The fourth-order valence-electron chi connectivity index (χ4n) is 4.31. The molecule has 2 saturated heterocycles. The second kappa shape index (κ2) is 6.58. The Labute approximate surface area is 156 Å². The molecule has 0 spiro atoms. The van der Waals surface area contributed by atoms with E-state index in [1.807, 2.05) is 6.07 Å². The number of rotatable bonds is 4. The molecule has 2 aliphatic heterocycles. The summed E-state index contributed by atoms with van der Waals surface area (Å²) in [6.07, 6.45) is 2.25. The fraction of sp³-hybridized carbons (Fsp3) is 0.526. The summed E-state index contributed by atoms with van der Waals surface area (Å²) in [6, 6.07) is 7.09. The summed E-state index contributed by atoms with van der Waals surface area (Å²) in [7, 11) is 0. The van der Waals surface area contributed by atoms with Gasteiger partial charge in [0.25, 0.3) is 0 Å². The summed E-state index contributed by atoms with van der Waals surface area (Å²) in [5.74, 6) is -1.50. The summed E-state index contributed by atoms with van der Waals surface area (Å²) in [6.45, 7) is 1.05. The number of carbonyl (C=O) groups is 3. The summed E-state index contributed by atoms with van der Waals surface area (Å²) in [5, 5.41) is 9.95. The quantitative estimate of drug-likeness (QED) is 0.874. The molecule has 1 aromatic carbocycles. The molecular formula is C19H21ClN2O4. The molecule has 0 bridgehead atoms. The van der Waals surface area contributed by atoms with Crippen LogP contribution in [0.3, 0.4) is 0 Å². The second-order valence-corrected chi connectivity index (χ2v) is 7.95. The zero-order chi connectivity index (χ0) is 18.4. The molecule has 7 heteroatoms. The Morgan fingerprint density at radius 3 is 2.50 bits per heavy atom. The smallest absolute Gasteiger partial charge is 0.308 e. The van der Waals surface area contributed by atoms with Crippen LogP contribution < -0.4 is 4.90 Å². The number of halogens is 1. The Bertz CT molecular complexity index is 764. The third-order valence-corrected chi connectivity index (χ3v) is 6.16. The SMILES string of the molecule is O=C(O)[C@H]1CN(C(=O)C2CC(=O)N(c3ccccc3Cl)C2)C[C@@H]1C1CC1. The number of amides is 2. The Morgan fingerprint density at radius 2 is 1.85 bits per heavy atom. The normalized spacial score (nSPS) is 28.7. The molecule has 3 atom stereocenters. The third kappa shape index (κ3) is 3.07. The highest BCUT2D eigenvalue weighted by atomic mass is 35.5. The fourth-order valence-corrected chi connectivity index (χ4v) is 4.54. The van der Waals surface area contributed by atoms with E-state index in [1.165, 1.54) is 0 Å². The molecule has 4 rings (SSSR count). The van der Waals surface area contributed by atoms with Crippen molar-refractivity contribution < 1.29 is 19.5 Å². The lowest BCUT2D eigenvalue weighted by Gasteiger charge is -2.21. The zero-order valence-corrected chi connectivity index (χ0v) is 15.1. The predicted molar refractivity (Wildman–Crippen MR) is 95.8 cm³/mol. The molecule has 6 nitrogen and oxygen atoms in total. The number of likely N-dealkylation sites (tertiary alicyclic amines) is 1. The summed E-state index contributed by atoms with van der Waals surface area (Å²) < 4.78 is 0. The van der Waals surface area contributed by atoms with Gasteiger partial charge in [0.05, 0.1) is 22.5 Å². The first-order chi connectivity index (χ1) is 12.5. The number of hydrogen-bond donors (Lipinski definition) is 1. The van der Waals surface area contributed by atoms with Crippen molar-refractivity contribution in [3.63, 3.8) is 0 Å². The molecule has 26 heavy (non-hydrogen) atoms. The van der Waals surface area contributed by atoms with Crippen molar-refractivity contribution in [2.75, 3.05) is 24.5 Å². The minimum Gasteiger partial charge on any atom is -0.481 e. The number of carboxylic acids is 1. The molecule has 1 N–H and O–H groups in total. The monoisotopic (exact) mass is 376 g/mol. The van der Waals surface area contributed by atoms with Gasteiger partial charge >= 0.3 is 5.97 Å². The molecular weight excluding hydrogens is 356 g/mol. The van der Waals surface area contributed by atoms with E-state index in [0.29, 0.717) is 29.7 Å². The minimum atomic E-state index is -0.822. The number of hydrogen-bond acceptors (Lipinski definition) is 3. The van der Waals surface area contributed by atoms with E-state index in [4.69, 9.17) is 11.6 Å². The van der Waals surface area contributed by atoms with Gasteiger partial charge in [-0.3, -0.25) is 14.4 Å². The average molecular weight is 377 g/mol. The van der Waals surface area contributed by atoms with Gasteiger partial charge in [-0.25, -0.2) is 0 Å². The number of benzene rings is 1. The summed E-state index contributed by atoms with van der Waals surface area (Å²) in [5.41, 5.74) is 0.621. The molecule has 3 fully saturated rings. The Hall–Kier alpha value is -2.08. The molecule has 2 heterocycles. The minimum absolute atomic E-state index is 0.0493. The zero-order valence-electron chi connectivity index (χ0n) is 14.3. The third-order valence-electron chi connectivity index (χ3n) is 5.84. The Kier molecular flexibility index (Phi) is 4.39. The van der Waals surface area contributed by atoms with Crippen LogP contribution in [-0.2, 0) is 14.4 Å². The van der Waals surface area contributed by atoms with E-state index in [1.54, 1.807) is 28.0 Å². The van der Waals surface area contributed by atoms with Crippen molar-refractivity contribution in [1.29, 1.82) is 0 Å². The number of nitrogens with zero attached hydrogens (tertiary/aromatic N) is 2.